The average molecular weight is 303 g/mol. The molecule has 0 saturated heterocycles. The first kappa shape index (κ1) is 13.3. The van der Waals surface area contributed by atoms with Crippen LogP contribution in [-0.2, 0) is 16.4 Å². The Morgan fingerprint density at radius 1 is 1.33 bits per heavy atom. The third kappa shape index (κ3) is 3.01. The number of hydrogen-bond donors (Lipinski definition) is 1. The van der Waals surface area contributed by atoms with Gasteiger partial charge in [-0.15, -0.1) is 0 Å². The van der Waals surface area contributed by atoms with Crippen LogP contribution in [0.2, 0.25) is 4.47 Å². The maximum absolute atomic E-state index is 12.0. The van der Waals surface area contributed by atoms with E-state index >= 15 is 0 Å². The molecule has 1 aromatic carbocycles. The molecule has 0 fully saturated rings. The Morgan fingerprint density at radius 2 is 2.00 bits per heavy atom. The Bertz CT molecular complexity index is 635. The average Bonchev–Trinajstić information content (AvgIpc) is 2.77. The monoisotopic (exact) mass is 302 g/mol. The molecular weight excluding hydrogens is 292 g/mol. The van der Waals surface area contributed by atoms with Gasteiger partial charge in [0.15, 0.2) is 8.68 Å². The molecule has 0 aliphatic rings. The van der Waals surface area contributed by atoms with Crippen LogP contribution in [0.1, 0.15) is 12.5 Å². The summed E-state index contributed by atoms with van der Waals surface area (Å²) in [6.07, 6.45) is 2.16. The van der Waals surface area contributed by atoms with Crippen LogP contribution in [0.3, 0.4) is 0 Å². The van der Waals surface area contributed by atoms with E-state index in [-0.39, 0.29) is 8.68 Å². The van der Waals surface area contributed by atoms with Gasteiger partial charge in [-0.05, 0) is 24.1 Å². The van der Waals surface area contributed by atoms with Crippen molar-refractivity contribution in [2.45, 2.75) is 17.6 Å². The molecule has 96 valence electrons. The highest BCUT2D eigenvalue weighted by Gasteiger charge is 2.17. The van der Waals surface area contributed by atoms with E-state index in [2.05, 4.69) is 9.71 Å². The summed E-state index contributed by atoms with van der Waals surface area (Å²) in [4.78, 5) is 3.72. The predicted molar refractivity (Wildman–Crippen MR) is 73.8 cm³/mol. The number of thiazole rings is 1. The zero-order valence-electron chi connectivity index (χ0n) is 9.55. The standard InChI is InChI=1S/C11H11ClN2O2S2/c1-2-8-3-5-9(6-4-8)14-18(15,16)10-7-13-11(12)17-10/h3-7,14H,2H2,1H3. The molecule has 0 bridgehead atoms. The van der Waals surface area contributed by atoms with Crippen LogP contribution in [0.15, 0.2) is 34.7 Å². The summed E-state index contributed by atoms with van der Waals surface area (Å²) < 4.78 is 26.7. The fraction of sp³-hybridized carbons (Fsp3) is 0.182. The van der Waals surface area contributed by atoms with Crippen molar-refractivity contribution in [3.05, 3.63) is 40.5 Å². The molecule has 0 radical (unpaired) electrons. The zero-order valence-corrected chi connectivity index (χ0v) is 11.9. The molecular formula is C11H11ClN2O2S2. The maximum atomic E-state index is 12.0. The lowest BCUT2D eigenvalue weighted by Gasteiger charge is -2.06. The van der Waals surface area contributed by atoms with E-state index in [9.17, 15) is 8.42 Å². The van der Waals surface area contributed by atoms with Crippen molar-refractivity contribution in [3.63, 3.8) is 0 Å². The predicted octanol–water partition coefficient (Wildman–Crippen LogP) is 3.16. The van der Waals surface area contributed by atoms with Crippen molar-refractivity contribution >= 4 is 38.6 Å². The van der Waals surface area contributed by atoms with Crippen molar-refractivity contribution in [2.24, 2.45) is 0 Å². The van der Waals surface area contributed by atoms with Crippen LogP contribution in [-0.4, -0.2) is 13.4 Å². The van der Waals surface area contributed by atoms with Crippen LogP contribution in [0, 0.1) is 0 Å². The number of aromatic nitrogens is 1. The van der Waals surface area contributed by atoms with E-state index < -0.39 is 10.0 Å². The number of anilines is 1. The van der Waals surface area contributed by atoms with Gasteiger partial charge in [0.2, 0.25) is 0 Å². The third-order valence-electron chi connectivity index (χ3n) is 2.34. The van der Waals surface area contributed by atoms with Crippen molar-refractivity contribution in [1.82, 2.24) is 4.98 Å². The second-order valence-corrected chi connectivity index (χ2v) is 7.11. The van der Waals surface area contributed by atoms with Crippen molar-refractivity contribution in [3.8, 4) is 0 Å². The molecule has 0 unspecified atom stereocenters. The number of halogens is 1. The molecule has 1 N–H and O–H groups in total. The normalized spacial score (nSPS) is 11.4. The SMILES string of the molecule is CCc1ccc(NS(=O)(=O)c2cnc(Cl)s2)cc1. The summed E-state index contributed by atoms with van der Waals surface area (Å²) in [6.45, 7) is 2.04. The van der Waals surface area contributed by atoms with Gasteiger partial charge >= 0.3 is 0 Å². The summed E-state index contributed by atoms with van der Waals surface area (Å²) in [5, 5.41) is 0. The second-order valence-electron chi connectivity index (χ2n) is 3.59. The Morgan fingerprint density at radius 3 is 2.50 bits per heavy atom. The molecule has 2 aromatic rings. The largest absolute Gasteiger partial charge is 0.279 e. The van der Waals surface area contributed by atoms with Crippen molar-refractivity contribution in [1.29, 1.82) is 0 Å². The number of nitrogens with one attached hydrogen (secondary N) is 1. The summed E-state index contributed by atoms with van der Waals surface area (Å²) in [6, 6.07) is 7.24. The summed E-state index contributed by atoms with van der Waals surface area (Å²) in [7, 11) is -3.59. The van der Waals surface area contributed by atoms with E-state index in [4.69, 9.17) is 11.6 Å². The minimum absolute atomic E-state index is 0.104. The topological polar surface area (TPSA) is 59.1 Å². The lowest BCUT2D eigenvalue weighted by Crippen LogP contribution is -2.11. The molecule has 0 atom stereocenters. The van der Waals surface area contributed by atoms with E-state index in [0.29, 0.717) is 5.69 Å². The van der Waals surface area contributed by atoms with Gasteiger partial charge in [0.1, 0.15) is 0 Å². The van der Waals surface area contributed by atoms with Crippen LogP contribution >= 0.6 is 22.9 Å². The first-order valence-electron chi connectivity index (χ1n) is 5.24. The van der Waals surface area contributed by atoms with Gasteiger partial charge in [0, 0.05) is 5.69 Å². The molecule has 18 heavy (non-hydrogen) atoms. The first-order chi connectivity index (χ1) is 8.51. The van der Waals surface area contributed by atoms with Gasteiger partial charge in [0.05, 0.1) is 6.20 Å². The quantitative estimate of drug-likeness (QED) is 0.944. The Kier molecular flexibility index (Phi) is 3.89. The lowest BCUT2D eigenvalue weighted by atomic mass is 10.2. The molecule has 1 heterocycles. The maximum Gasteiger partial charge on any atom is 0.273 e. The molecule has 0 saturated carbocycles. The Hall–Kier alpha value is -1.11. The minimum atomic E-state index is -3.59. The van der Waals surface area contributed by atoms with Crippen molar-refractivity contribution < 1.29 is 8.42 Å². The molecule has 4 nitrogen and oxygen atoms in total. The molecule has 0 aliphatic heterocycles. The van der Waals surface area contributed by atoms with Crippen LogP contribution < -0.4 is 4.72 Å². The summed E-state index contributed by atoms with van der Waals surface area (Å²) >= 11 is 6.55. The fourth-order valence-electron chi connectivity index (χ4n) is 1.38. The van der Waals surface area contributed by atoms with E-state index in [0.717, 1.165) is 23.3 Å². The van der Waals surface area contributed by atoms with Crippen LogP contribution in [0.25, 0.3) is 0 Å². The number of sulfonamides is 1. The summed E-state index contributed by atoms with van der Waals surface area (Å²) in [5.74, 6) is 0. The number of aryl methyl sites for hydroxylation is 1. The second kappa shape index (κ2) is 5.26. The van der Waals surface area contributed by atoms with E-state index in [1.807, 2.05) is 19.1 Å². The number of nitrogens with zero attached hydrogens (tertiary/aromatic N) is 1. The Balaban J connectivity index is 2.22. The van der Waals surface area contributed by atoms with Gasteiger partial charge in [-0.1, -0.05) is 42.0 Å². The molecule has 7 heteroatoms. The van der Waals surface area contributed by atoms with Gasteiger partial charge in [0.25, 0.3) is 10.0 Å². The van der Waals surface area contributed by atoms with E-state index in [1.54, 1.807) is 12.1 Å². The highest BCUT2D eigenvalue weighted by atomic mass is 35.5. The lowest BCUT2D eigenvalue weighted by molar-refractivity contribution is 0.603. The van der Waals surface area contributed by atoms with Gasteiger partial charge in [-0.25, -0.2) is 13.4 Å². The number of benzene rings is 1. The number of rotatable bonds is 4. The fourth-order valence-corrected chi connectivity index (χ4v) is 3.73. The van der Waals surface area contributed by atoms with Crippen LogP contribution in [0.5, 0.6) is 0 Å². The molecule has 2 rings (SSSR count). The first-order valence-corrected chi connectivity index (χ1v) is 7.92. The van der Waals surface area contributed by atoms with E-state index in [1.165, 1.54) is 6.20 Å². The molecule has 0 spiro atoms. The molecule has 0 amide bonds. The Labute approximate surface area is 115 Å². The third-order valence-corrected chi connectivity index (χ3v) is 5.29. The highest BCUT2D eigenvalue weighted by Crippen LogP contribution is 2.24. The van der Waals surface area contributed by atoms with Gasteiger partial charge in [-0.2, -0.15) is 0 Å². The molecule has 1 aromatic heterocycles. The van der Waals surface area contributed by atoms with Gasteiger partial charge in [-0.3, -0.25) is 4.72 Å². The smallest absolute Gasteiger partial charge is 0.273 e. The van der Waals surface area contributed by atoms with Crippen molar-refractivity contribution in [2.75, 3.05) is 4.72 Å². The van der Waals surface area contributed by atoms with Crippen LogP contribution in [0.4, 0.5) is 5.69 Å². The molecule has 0 aliphatic carbocycles. The van der Waals surface area contributed by atoms with Gasteiger partial charge < -0.3 is 0 Å². The summed E-state index contributed by atoms with van der Waals surface area (Å²) in [5.41, 5.74) is 1.68. The zero-order chi connectivity index (χ0) is 13.2. The highest BCUT2D eigenvalue weighted by molar-refractivity contribution is 7.94. The number of hydrogen-bond acceptors (Lipinski definition) is 4. The minimum Gasteiger partial charge on any atom is -0.279 e.